The summed E-state index contributed by atoms with van der Waals surface area (Å²) < 4.78 is 18.7. The summed E-state index contributed by atoms with van der Waals surface area (Å²) >= 11 is 2.98. The Bertz CT molecular complexity index is 533. The number of alkyl carbamates (subject to hydrolysis) is 1. The van der Waals surface area contributed by atoms with Crippen molar-refractivity contribution in [1.29, 1.82) is 5.26 Å². The van der Waals surface area contributed by atoms with Gasteiger partial charge in [0.05, 0.1) is 10.0 Å². The van der Waals surface area contributed by atoms with Crippen molar-refractivity contribution in [3.8, 4) is 6.07 Å². The smallest absolute Gasteiger partial charge is 0.407 e. The highest BCUT2D eigenvalue weighted by atomic mass is 79.9. The van der Waals surface area contributed by atoms with Crippen molar-refractivity contribution in [3.63, 3.8) is 0 Å². The quantitative estimate of drug-likeness (QED) is 0.903. The van der Waals surface area contributed by atoms with Crippen LogP contribution in [-0.2, 0) is 11.3 Å². The van der Waals surface area contributed by atoms with Crippen molar-refractivity contribution < 1.29 is 13.9 Å². The number of hydrogen-bond acceptors (Lipinski definition) is 3. The minimum Gasteiger partial charge on any atom is -0.444 e. The van der Waals surface area contributed by atoms with E-state index in [1.54, 1.807) is 20.8 Å². The summed E-state index contributed by atoms with van der Waals surface area (Å²) in [5, 5.41) is 11.3. The largest absolute Gasteiger partial charge is 0.444 e. The minimum absolute atomic E-state index is 0.0911. The summed E-state index contributed by atoms with van der Waals surface area (Å²) in [6.07, 6.45) is -0.589. The molecule has 0 aliphatic rings. The van der Waals surface area contributed by atoms with Crippen LogP contribution >= 0.6 is 15.9 Å². The molecule has 0 fully saturated rings. The lowest BCUT2D eigenvalue weighted by Crippen LogP contribution is -2.32. The molecule has 1 aromatic carbocycles. The molecule has 6 heteroatoms. The Balaban J connectivity index is 2.72. The van der Waals surface area contributed by atoms with Gasteiger partial charge in [0.15, 0.2) is 0 Å². The fraction of sp³-hybridized carbons (Fsp3) is 0.385. The van der Waals surface area contributed by atoms with Gasteiger partial charge < -0.3 is 10.1 Å². The average Bonchev–Trinajstić information content (AvgIpc) is 2.28. The third kappa shape index (κ3) is 4.87. The summed E-state index contributed by atoms with van der Waals surface area (Å²) in [6, 6.07) is 4.63. The van der Waals surface area contributed by atoms with E-state index in [2.05, 4.69) is 21.2 Å². The molecule has 19 heavy (non-hydrogen) atoms. The molecule has 0 aliphatic heterocycles. The predicted molar refractivity (Wildman–Crippen MR) is 71.9 cm³/mol. The molecule has 1 N–H and O–H groups in total. The summed E-state index contributed by atoms with van der Waals surface area (Å²) in [5.41, 5.74) is 0.0800. The van der Waals surface area contributed by atoms with Crippen molar-refractivity contribution in [2.75, 3.05) is 0 Å². The zero-order chi connectivity index (χ0) is 14.6. The molecule has 0 bridgehead atoms. The van der Waals surface area contributed by atoms with Gasteiger partial charge in [0.1, 0.15) is 17.5 Å². The van der Waals surface area contributed by atoms with E-state index >= 15 is 0 Å². The van der Waals surface area contributed by atoms with Crippen LogP contribution in [0.4, 0.5) is 9.18 Å². The molecule has 0 aliphatic carbocycles. The second-order valence-corrected chi connectivity index (χ2v) is 5.70. The van der Waals surface area contributed by atoms with Crippen LogP contribution in [0.3, 0.4) is 0 Å². The second-order valence-electron chi connectivity index (χ2n) is 4.91. The van der Waals surface area contributed by atoms with Gasteiger partial charge in [-0.05, 0) is 54.4 Å². The Morgan fingerprint density at radius 1 is 1.53 bits per heavy atom. The zero-order valence-electron chi connectivity index (χ0n) is 10.9. The first kappa shape index (κ1) is 15.4. The van der Waals surface area contributed by atoms with Gasteiger partial charge in [-0.1, -0.05) is 0 Å². The van der Waals surface area contributed by atoms with E-state index in [9.17, 15) is 9.18 Å². The maximum atomic E-state index is 13.5. The number of nitrogens with one attached hydrogen (secondary N) is 1. The maximum absolute atomic E-state index is 13.5. The molecule has 1 aromatic rings. The van der Waals surface area contributed by atoms with E-state index in [-0.39, 0.29) is 16.6 Å². The first-order valence-corrected chi connectivity index (χ1v) is 6.37. The Labute approximate surface area is 119 Å². The number of ether oxygens (including phenoxy) is 1. The van der Waals surface area contributed by atoms with Crippen LogP contribution < -0.4 is 5.32 Å². The summed E-state index contributed by atoms with van der Waals surface area (Å²) in [5.74, 6) is -0.542. The first-order chi connectivity index (χ1) is 8.73. The van der Waals surface area contributed by atoms with Crippen LogP contribution in [0.2, 0.25) is 0 Å². The Morgan fingerprint density at radius 3 is 2.68 bits per heavy atom. The molecule has 0 unspecified atom stereocenters. The predicted octanol–water partition coefficient (Wildman–Crippen LogP) is 3.48. The third-order valence-corrected chi connectivity index (χ3v) is 2.85. The van der Waals surface area contributed by atoms with Gasteiger partial charge in [0.25, 0.3) is 0 Å². The van der Waals surface area contributed by atoms with Crippen molar-refractivity contribution >= 4 is 22.0 Å². The Kier molecular flexibility index (Phi) is 4.90. The molecule has 0 saturated carbocycles. The lowest BCUT2D eigenvalue weighted by molar-refractivity contribution is 0.0523. The van der Waals surface area contributed by atoms with Gasteiger partial charge in [-0.25, -0.2) is 9.18 Å². The molecule has 102 valence electrons. The minimum atomic E-state index is -0.590. The standard InChI is InChI=1S/C13H14BrFN2O2/c1-13(2,3)19-12(18)17-7-8-4-9(6-16)11(14)10(15)5-8/h4-5H,7H2,1-3H3,(H,17,18). The van der Waals surface area contributed by atoms with Crippen molar-refractivity contribution in [3.05, 3.63) is 33.5 Å². The molecule has 1 amide bonds. The van der Waals surface area contributed by atoms with E-state index in [0.29, 0.717) is 5.56 Å². The van der Waals surface area contributed by atoms with Gasteiger partial charge in [0.2, 0.25) is 0 Å². The number of amides is 1. The molecule has 0 radical (unpaired) electrons. The highest BCUT2D eigenvalue weighted by Gasteiger charge is 2.16. The first-order valence-electron chi connectivity index (χ1n) is 5.58. The molecule has 0 atom stereocenters. The van der Waals surface area contributed by atoms with Crippen molar-refractivity contribution in [2.24, 2.45) is 0 Å². The normalized spacial score (nSPS) is 10.7. The molecule has 0 heterocycles. The number of carbonyl (C=O) groups is 1. The van der Waals surface area contributed by atoms with Gasteiger partial charge in [0, 0.05) is 6.54 Å². The van der Waals surface area contributed by atoms with Crippen LogP contribution in [0.5, 0.6) is 0 Å². The number of benzene rings is 1. The molecule has 0 saturated heterocycles. The molecule has 4 nitrogen and oxygen atoms in total. The molecule has 0 spiro atoms. The van der Waals surface area contributed by atoms with Crippen LogP contribution in [-0.4, -0.2) is 11.7 Å². The topological polar surface area (TPSA) is 62.1 Å². The summed E-state index contributed by atoms with van der Waals surface area (Å²) in [7, 11) is 0. The van der Waals surface area contributed by atoms with E-state index in [1.807, 2.05) is 6.07 Å². The fourth-order valence-electron chi connectivity index (χ4n) is 1.32. The second kappa shape index (κ2) is 6.02. The fourth-order valence-corrected chi connectivity index (χ4v) is 1.63. The monoisotopic (exact) mass is 328 g/mol. The van der Waals surface area contributed by atoms with Crippen LogP contribution in [0.15, 0.2) is 16.6 Å². The van der Waals surface area contributed by atoms with Crippen LogP contribution in [0.25, 0.3) is 0 Å². The summed E-state index contributed by atoms with van der Waals surface area (Å²) in [4.78, 5) is 11.4. The lowest BCUT2D eigenvalue weighted by Gasteiger charge is -2.19. The number of nitriles is 1. The number of nitrogens with zero attached hydrogens (tertiary/aromatic N) is 1. The number of rotatable bonds is 2. The average molecular weight is 329 g/mol. The van der Waals surface area contributed by atoms with E-state index in [0.717, 1.165) is 0 Å². The third-order valence-electron chi connectivity index (χ3n) is 2.04. The SMILES string of the molecule is CC(C)(C)OC(=O)NCc1cc(F)c(Br)c(C#N)c1. The molecular formula is C13H14BrFN2O2. The van der Waals surface area contributed by atoms with Gasteiger partial charge in [-0.3, -0.25) is 0 Å². The highest BCUT2D eigenvalue weighted by molar-refractivity contribution is 9.10. The summed E-state index contributed by atoms with van der Waals surface area (Å²) in [6.45, 7) is 5.34. The van der Waals surface area contributed by atoms with Crippen molar-refractivity contribution in [1.82, 2.24) is 5.32 Å². The lowest BCUT2D eigenvalue weighted by atomic mass is 10.1. The number of hydrogen-bond donors (Lipinski definition) is 1. The van der Waals surface area contributed by atoms with Gasteiger partial charge >= 0.3 is 6.09 Å². The molecule has 0 aromatic heterocycles. The molecular weight excluding hydrogens is 315 g/mol. The van der Waals surface area contributed by atoms with E-state index < -0.39 is 17.5 Å². The Morgan fingerprint density at radius 2 is 2.16 bits per heavy atom. The van der Waals surface area contributed by atoms with E-state index in [1.165, 1.54) is 12.1 Å². The van der Waals surface area contributed by atoms with Crippen molar-refractivity contribution in [2.45, 2.75) is 32.9 Å². The zero-order valence-corrected chi connectivity index (χ0v) is 12.5. The maximum Gasteiger partial charge on any atom is 0.407 e. The van der Waals surface area contributed by atoms with Gasteiger partial charge in [-0.15, -0.1) is 0 Å². The number of halogens is 2. The van der Waals surface area contributed by atoms with E-state index in [4.69, 9.17) is 10.00 Å². The Hall–Kier alpha value is -1.61. The molecule has 1 rings (SSSR count). The number of carbonyl (C=O) groups excluding carboxylic acids is 1. The van der Waals surface area contributed by atoms with Crippen LogP contribution in [0.1, 0.15) is 31.9 Å². The highest BCUT2D eigenvalue weighted by Crippen LogP contribution is 2.22. The van der Waals surface area contributed by atoms with Gasteiger partial charge in [-0.2, -0.15) is 5.26 Å². The van der Waals surface area contributed by atoms with Crippen LogP contribution in [0, 0.1) is 17.1 Å².